The number of nitrogens with zero attached hydrogens (tertiary/aromatic N) is 1. The van der Waals surface area contributed by atoms with Gasteiger partial charge in [-0.05, 0) is 44.4 Å². The maximum absolute atomic E-state index is 12.7. The summed E-state index contributed by atoms with van der Waals surface area (Å²) >= 11 is 0. The lowest BCUT2D eigenvalue weighted by Gasteiger charge is -2.25. The molecule has 0 radical (unpaired) electrons. The lowest BCUT2D eigenvalue weighted by molar-refractivity contribution is 0.0564. The number of hydrogen-bond donors (Lipinski definition) is 1. The van der Waals surface area contributed by atoms with Crippen molar-refractivity contribution in [1.82, 2.24) is 4.90 Å². The minimum Gasteiger partial charge on any atom is -0.492 e. The Hall–Kier alpha value is -1.59. The smallest absolute Gasteiger partial charge is 0.254 e. The molecule has 2 rings (SSSR count). The van der Waals surface area contributed by atoms with Crippen molar-refractivity contribution in [3.63, 3.8) is 0 Å². The number of benzene rings is 1. The molecule has 1 atom stereocenters. The second-order valence-corrected chi connectivity index (χ2v) is 5.57. The van der Waals surface area contributed by atoms with Crippen molar-refractivity contribution in [2.45, 2.75) is 32.7 Å². The van der Waals surface area contributed by atoms with Crippen LogP contribution in [-0.4, -0.2) is 49.8 Å². The Kier molecular flexibility index (Phi) is 6.21. The molecular formula is C17H26N2O3. The summed E-state index contributed by atoms with van der Waals surface area (Å²) in [6, 6.07) is 5.79. The topological polar surface area (TPSA) is 64.8 Å². The van der Waals surface area contributed by atoms with Crippen LogP contribution in [0.15, 0.2) is 18.2 Å². The van der Waals surface area contributed by atoms with Gasteiger partial charge in [0.2, 0.25) is 0 Å². The molecule has 1 aromatic carbocycles. The number of rotatable bonds is 7. The third-order valence-electron chi connectivity index (χ3n) is 3.96. The first-order valence-corrected chi connectivity index (χ1v) is 7.99. The van der Waals surface area contributed by atoms with Gasteiger partial charge in [-0.3, -0.25) is 4.79 Å². The predicted molar refractivity (Wildman–Crippen MR) is 86.3 cm³/mol. The number of aryl methyl sites for hydroxylation is 1. The number of likely N-dealkylation sites (tertiary alicyclic amines) is 1. The van der Waals surface area contributed by atoms with Crippen LogP contribution < -0.4 is 10.5 Å². The average molecular weight is 306 g/mol. The Balaban J connectivity index is 2.11. The van der Waals surface area contributed by atoms with Crippen molar-refractivity contribution in [1.29, 1.82) is 0 Å². The number of ether oxygens (including phenoxy) is 2. The summed E-state index contributed by atoms with van der Waals surface area (Å²) in [6.45, 7) is 6.94. The Morgan fingerprint density at radius 2 is 2.27 bits per heavy atom. The molecule has 0 aromatic heterocycles. The van der Waals surface area contributed by atoms with Crippen LogP contribution in [0.2, 0.25) is 0 Å². The second kappa shape index (κ2) is 8.15. The molecule has 0 saturated carbocycles. The van der Waals surface area contributed by atoms with Crippen LogP contribution >= 0.6 is 0 Å². The minimum absolute atomic E-state index is 0.0554. The predicted octanol–water partition coefficient (Wildman–Crippen LogP) is 1.97. The van der Waals surface area contributed by atoms with Crippen molar-refractivity contribution < 1.29 is 14.3 Å². The lowest BCUT2D eigenvalue weighted by Crippen LogP contribution is -2.38. The Morgan fingerprint density at radius 3 is 3.00 bits per heavy atom. The molecule has 0 bridgehead atoms. The van der Waals surface area contributed by atoms with Crippen LogP contribution in [-0.2, 0) is 4.74 Å². The lowest BCUT2D eigenvalue weighted by atomic mass is 10.1. The first kappa shape index (κ1) is 16.8. The molecule has 1 saturated heterocycles. The summed E-state index contributed by atoms with van der Waals surface area (Å²) in [5.74, 6) is 0.789. The van der Waals surface area contributed by atoms with Crippen LogP contribution in [0.1, 0.15) is 35.7 Å². The summed E-state index contributed by atoms with van der Waals surface area (Å²) < 4.78 is 11.1. The Bertz CT molecular complexity index is 505. The first-order chi connectivity index (χ1) is 10.7. The SMILES string of the molecule is CCOCC1CCCN1C(=O)c1ccc(C)c(OCCN)c1. The maximum atomic E-state index is 12.7. The van der Waals surface area contributed by atoms with E-state index in [0.717, 1.165) is 30.7 Å². The molecule has 1 heterocycles. The zero-order valence-corrected chi connectivity index (χ0v) is 13.5. The van der Waals surface area contributed by atoms with Crippen molar-refractivity contribution in [3.8, 4) is 5.75 Å². The zero-order valence-electron chi connectivity index (χ0n) is 13.5. The fraction of sp³-hybridized carbons (Fsp3) is 0.588. The molecule has 5 nitrogen and oxygen atoms in total. The monoisotopic (exact) mass is 306 g/mol. The number of carbonyl (C=O) groups is 1. The highest BCUT2D eigenvalue weighted by atomic mass is 16.5. The van der Waals surface area contributed by atoms with E-state index in [1.54, 1.807) is 0 Å². The van der Waals surface area contributed by atoms with E-state index in [-0.39, 0.29) is 11.9 Å². The molecule has 5 heteroatoms. The van der Waals surface area contributed by atoms with Crippen LogP contribution in [0.4, 0.5) is 0 Å². The molecule has 122 valence electrons. The van der Waals surface area contributed by atoms with Crippen LogP contribution in [0, 0.1) is 6.92 Å². The van der Waals surface area contributed by atoms with Gasteiger partial charge in [-0.25, -0.2) is 0 Å². The number of carbonyl (C=O) groups excluding carboxylic acids is 1. The normalized spacial score (nSPS) is 17.8. The quantitative estimate of drug-likeness (QED) is 0.836. The van der Waals surface area contributed by atoms with Crippen molar-refractivity contribution in [2.24, 2.45) is 5.73 Å². The van der Waals surface area contributed by atoms with Crippen molar-refractivity contribution >= 4 is 5.91 Å². The highest BCUT2D eigenvalue weighted by Gasteiger charge is 2.29. The summed E-state index contributed by atoms with van der Waals surface area (Å²) in [7, 11) is 0. The maximum Gasteiger partial charge on any atom is 0.254 e. The molecule has 0 aliphatic carbocycles. The summed E-state index contributed by atoms with van der Waals surface area (Å²) in [6.07, 6.45) is 2.04. The molecule has 1 unspecified atom stereocenters. The molecule has 22 heavy (non-hydrogen) atoms. The van der Waals surface area contributed by atoms with Gasteiger partial charge >= 0.3 is 0 Å². The van der Waals surface area contributed by atoms with E-state index in [1.807, 2.05) is 36.9 Å². The fourth-order valence-corrected chi connectivity index (χ4v) is 2.75. The third-order valence-corrected chi connectivity index (χ3v) is 3.96. The van der Waals surface area contributed by atoms with Crippen molar-refractivity contribution in [3.05, 3.63) is 29.3 Å². The molecule has 1 amide bonds. The largest absolute Gasteiger partial charge is 0.492 e. The van der Waals surface area contributed by atoms with Crippen LogP contribution in [0.5, 0.6) is 5.75 Å². The van der Waals surface area contributed by atoms with E-state index < -0.39 is 0 Å². The second-order valence-electron chi connectivity index (χ2n) is 5.57. The molecule has 1 fully saturated rings. The van der Waals surface area contributed by atoms with Crippen molar-refractivity contribution in [2.75, 3.05) is 32.9 Å². The van der Waals surface area contributed by atoms with E-state index in [9.17, 15) is 4.79 Å². The van der Waals surface area contributed by atoms with Gasteiger partial charge in [-0.2, -0.15) is 0 Å². The van der Waals surface area contributed by atoms with Gasteiger partial charge < -0.3 is 20.1 Å². The van der Waals surface area contributed by atoms with E-state index in [4.69, 9.17) is 15.2 Å². The van der Waals surface area contributed by atoms with Gasteiger partial charge in [0, 0.05) is 25.3 Å². The number of hydrogen-bond acceptors (Lipinski definition) is 4. The van der Waals surface area contributed by atoms with Gasteiger partial charge in [0.25, 0.3) is 5.91 Å². The molecule has 2 N–H and O–H groups in total. The standard InChI is InChI=1S/C17H26N2O3/c1-3-21-12-15-5-4-9-19(15)17(20)14-7-6-13(2)16(11-14)22-10-8-18/h6-7,11,15H,3-5,8-10,12,18H2,1-2H3. The molecule has 1 aromatic rings. The van der Waals surface area contributed by atoms with Gasteiger partial charge in [0.05, 0.1) is 12.6 Å². The van der Waals surface area contributed by atoms with Gasteiger partial charge in [-0.1, -0.05) is 6.07 Å². The van der Waals surface area contributed by atoms with Gasteiger partial charge in [-0.15, -0.1) is 0 Å². The summed E-state index contributed by atoms with van der Waals surface area (Å²) in [5.41, 5.74) is 7.15. The van der Waals surface area contributed by atoms with Gasteiger partial charge in [0.15, 0.2) is 0 Å². The average Bonchev–Trinajstić information content (AvgIpc) is 2.99. The number of amides is 1. The molecular weight excluding hydrogens is 280 g/mol. The fourth-order valence-electron chi connectivity index (χ4n) is 2.75. The van der Waals surface area contributed by atoms with E-state index in [1.165, 1.54) is 0 Å². The summed E-state index contributed by atoms with van der Waals surface area (Å²) in [5, 5.41) is 0. The Morgan fingerprint density at radius 1 is 1.45 bits per heavy atom. The van der Waals surface area contributed by atoms with Gasteiger partial charge in [0.1, 0.15) is 12.4 Å². The molecule has 0 spiro atoms. The van der Waals surface area contributed by atoms with E-state index >= 15 is 0 Å². The van der Waals surface area contributed by atoms with E-state index in [0.29, 0.717) is 31.9 Å². The third kappa shape index (κ3) is 3.99. The van der Waals surface area contributed by atoms with Crippen LogP contribution in [0.3, 0.4) is 0 Å². The zero-order chi connectivity index (χ0) is 15.9. The number of nitrogens with two attached hydrogens (primary N) is 1. The summed E-state index contributed by atoms with van der Waals surface area (Å²) in [4.78, 5) is 14.7. The molecule has 1 aliphatic rings. The van der Waals surface area contributed by atoms with Crippen LogP contribution in [0.25, 0.3) is 0 Å². The van der Waals surface area contributed by atoms with E-state index in [2.05, 4.69) is 0 Å². The minimum atomic E-state index is 0.0554. The highest BCUT2D eigenvalue weighted by Crippen LogP contribution is 2.24. The Labute approximate surface area is 132 Å². The first-order valence-electron chi connectivity index (χ1n) is 7.99. The highest BCUT2D eigenvalue weighted by molar-refractivity contribution is 5.95. The molecule has 1 aliphatic heterocycles.